The Morgan fingerprint density at radius 3 is 2.26 bits per heavy atom. The highest BCUT2D eigenvalue weighted by Gasteiger charge is 2.10. The van der Waals surface area contributed by atoms with Crippen molar-refractivity contribution in [1.29, 1.82) is 0 Å². The maximum Gasteiger partial charge on any atom is 0.335 e. The number of rotatable bonds is 4. The van der Waals surface area contributed by atoms with Gasteiger partial charge in [-0.1, -0.05) is 37.6 Å². The second kappa shape index (κ2) is 5.57. The largest absolute Gasteiger partial charge is 0.508 e. The van der Waals surface area contributed by atoms with E-state index in [4.69, 9.17) is 5.11 Å². The summed E-state index contributed by atoms with van der Waals surface area (Å²) in [6.45, 7) is 2.03. The average molecular weight is 256 g/mol. The van der Waals surface area contributed by atoms with E-state index in [1.165, 1.54) is 0 Å². The van der Waals surface area contributed by atoms with Gasteiger partial charge in [-0.25, -0.2) is 4.79 Å². The van der Waals surface area contributed by atoms with Crippen molar-refractivity contribution in [1.82, 2.24) is 0 Å². The van der Waals surface area contributed by atoms with Crippen LogP contribution in [0.15, 0.2) is 42.5 Å². The number of hydrogen-bond acceptors (Lipinski definition) is 2. The Morgan fingerprint density at radius 2 is 1.68 bits per heavy atom. The molecule has 0 fully saturated rings. The van der Waals surface area contributed by atoms with Crippen molar-refractivity contribution in [3.63, 3.8) is 0 Å². The van der Waals surface area contributed by atoms with Gasteiger partial charge in [0.15, 0.2) is 0 Å². The summed E-state index contributed by atoms with van der Waals surface area (Å²) in [6.07, 6.45) is 1.65. The van der Waals surface area contributed by atoms with Gasteiger partial charge in [-0.05, 0) is 41.3 Å². The number of phenolic OH excluding ortho intramolecular Hbond substituents is 1. The van der Waals surface area contributed by atoms with E-state index in [1.807, 2.05) is 25.1 Å². The first-order valence-electron chi connectivity index (χ1n) is 6.27. The summed E-state index contributed by atoms with van der Waals surface area (Å²) in [6, 6.07) is 12.3. The lowest BCUT2D eigenvalue weighted by molar-refractivity contribution is 0.0695. The molecule has 0 heterocycles. The standard InChI is InChI=1S/C16H16O3/c1-2-3-13-10-12(6-9-15(13)16(18)19)11-4-7-14(17)8-5-11/h4-10,17H,2-3H2,1H3,(H,18,19). The minimum atomic E-state index is -0.888. The summed E-state index contributed by atoms with van der Waals surface area (Å²) < 4.78 is 0. The number of aromatic hydroxyl groups is 1. The SMILES string of the molecule is CCCc1cc(-c2ccc(O)cc2)ccc1C(=O)O. The highest BCUT2D eigenvalue weighted by atomic mass is 16.4. The van der Waals surface area contributed by atoms with E-state index in [0.717, 1.165) is 29.5 Å². The molecule has 0 saturated carbocycles. The van der Waals surface area contributed by atoms with E-state index >= 15 is 0 Å². The fourth-order valence-corrected chi connectivity index (χ4v) is 2.11. The van der Waals surface area contributed by atoms with E-state index in [2.05, 4.69) is 0 Å². The Kier molecular flexibility index (Phi) is 3.85. The number of carboxylic acid groups (broad SMARTS) is 1. The van der Waals surface area contributed by atoms with Crippen molar-refractivity contribution in [2.45, 2.75) is 19.8 Å². The van der Waals surface area contributed by atoms with Crippen LogP contribution < -0.4 is 0 Å². The zero-order valence-corrected chi connectivity index (χ0v) is 10.8. The number of aryl methyl sites for hydroxylation is 1. The molecule has 0 amide bonds. The van der Waals surface area contributed by atoms with Crippen molar-refractivity contribution in [3.8, 4) is 16.9 Å². The van der Waals surface area contributed by atoms with Gasteiger partial charge in [0, 0.05) is 0 Å². The molecule has 0 aliphatic heterocycles. The van der Waals surface area contributed by atoms with E-state index in [-0.39, 0.29) is 5.75 Å². The third-order valence-electron chi connectivity index (χ3n) is 3.06. The topological polar surface area (TPSA) is 57.5 Å². The van der Waals surface area contributed by atoms with Crippen molar-refractivity contribution >= 4 is 5.97 Å². The van der Waals surface area contributed by atoms with Gasteiger partial charge in [-0.15, -0.1) is 0 Å². The second-order valence-corrected chi connectivity index (χ2v) is 4.47. The quantitative estimate of drug-likeness (QED) is 0.876. The Morgan fingerprint density at radius 1 is 1.05 bits per heavy atom. The maximum atomic E-state index is 11.2. The fraction of sp³-hybridized carbons (Fsp3) is 0.188. The Hall–Kier alpha value is -2.29. The summed E-state index contributed by atoms with van der Waals surface area (Å²) >= 11 is 0. The molecule has 0 spiro atoms. The van der Waals surface area contributed by atoms with E-state index < -0.39 is 5.97 Å². The molecule has 0 aliphatic rings. The molecule has 0 bridgehead atoms. The lowest BCUT2D eigenvalue weighted by Gasteiger charge is -2.08. The van der Waals surface area contributed by atoms with Crippen molar-refractivity contribution < 1.29 is 15.0 Å². The van der Waals surface area contributed by atoms with Crippen LogP contribution in [0.2, 0.25) is 0 Å². The number of carboxylic acids is 1. The number of phenols is 1. The first-order valence-corrected chi connectivity index (χ1v) is 6.27. The molecule has 3 nitrogen and oxygen atoms in total. The Labute approximate surface area is 112 Å². The number of aromatic carboxylic acids is 1. The molecule has 0 radical (unpaired) electrons. The lowest BCUT2D eigenvalue weighted by Crippen LogP contribution is -2.02. The Bertz CT molecular complexity index is 585. The zero-order valence-electron chi connectivity index (χ0n) is 10.8. The molecule has 3 heteroatoms. The predicted octanol–water partition coefficient (Wildman–Crippen LogP) is 3.71. The van der Waals surface area contributed by atoms with Crippen LogP contribution in [0.3, 0.4) is 0 Å². The van der Waals surface area contributed by atoms with Crippen LogP contribution in [-0.2, 0) is 6.42 Å². The molecule has 2 aromatic carbocycles. The second-order valence-electron chi connectivity index (χ2n) is 4.47. The molecule has 2 N–H and O–H groups in total. The smallest absolute Gasteiger partial charge is 0.335 e. The number of benzene rings is 2. The van der Waals surface area contributed by atoms with Gasteiger partial charge in [0.05, 0.1) is 5.56 Å². The summed E-state index contributed by atoms with van der Waals surface area (Å²) in [5.74, 6) is -0.666. The van der Waals surface area contributed by atoms with Gasteiger partial charge >= 0.3 is 5.97 Å². The summed E-state index contributed by atoms with van der Waals surface area (Å²) in [5.41, 5.74) is 3.14. The molecule has 0 unspecified atom stereocenters. The molecular weight excluding hydrogens is 240 g/mol. The average Bonchev–Trinajstić information content (AvgIpc) is 2.39. The zero-order chi connectivity index (χ0) is 13.8. The number of hydrogen-bond donors (Lipinski definition) is 2. The first-order chi connectivity index (χ1) is 9.11. The van der Waals surface area contributed by atoms with Crippen molar-refractivity contribution in [3.05, 3.63) is 53.6 Å². The van der Waals surface area contributed by atoms with Gasteiger partial charge in [-0.2, -0.15) is 0 Å². The number of carbonyl (C=O) groups is 1. The van der Waals surface area contributed by atoms with Crippen LogP contribution in [-0.4, -0.2) is 16.2 Å². The van der Waals surface area contributed by atoms with Crippen molar-refractivity contribution in [2.24, 2.45) is 0 Å². The van der Waals surface area contributed by atoms with Gasteiger partial charge in [0.25, 0.3) is 0 Å². The molecule has 2 rings (SSSR count). The van der Waals surface area contributed by atoms with E-state index in [0.29, 0.717) is 5.56 Å². The minimum absolute atomic E-state index is 0.222. The third kappa shape index (κ3) is 2.94. The summed E-state index contributed by atoms with van der Waals surface area (Å²) in [7, 11) is 0. The lowest BCUT2D eigenvalue weighted by atomic mass is 9.96. The van der Waals surface area contributed by atoms with Crippen LogP contribution in [0.1, 0.15) is 29.3 Å². The van der Waals surface area contributed by atoms with Gasteiger partial charge in [-0.3, -0.25) is 0 Å². The first kappa shape index (κ1) is 13.1. The minimum Gasteiger partial charge on any atom is -0.508 e. The summed E-state index contributed by atoms with van der Waals surface area (Å²) in [5, 5.41) is 18.4. The van der Waals surface area contributed by atoms with Crippen LogP contribution in [0.4, 0.5) is 0 Å². The monoisotopic (exact) mass is 256 g/mol. The molecule has 98 valence electrons. The van der Waals surface area contributed by atoms with E-state index in [9.17, 15) is 9.90 Å². The Balaban J connectivity index is 2.45. The highest BCUT2D eigenvalue weighted by Crippen LogP contribution is 2.25. The van der Waals surface area contributed by atoms with Gasteiger partial charge < -0.3 is 10.2 Å². The molecule has 0 atom stereocenters. The van der Waals surface area contributed by atoms with Gasteiger partial charge in [0.2, 0.25) is 0 Å². The van der Waals surface area contributed by atoms with E-state index in [1.54, 1.807) is 24.3 Å². The maximum absolute atomic E-state index is 11.2. The fourth-order valence-electron chi connectivity index (χ4n) is 2.11. The molecule has 2 aromatic rings. The molecule has 19 heavy (non-hydrogen) atoms. The normalized spacial score (nSPS) is 10.4. The van der Waals surface area contributed by atoms with Crippen LogP contribution in [0.5, 0.6) is 5.75 Å². The highest BCUT2D eigenvalue weighted by molar-refractivity contribution is 5.90. The molecular formula is C16H16O3. The molecule has 0 aliphatic carbocycles. The van der Waals surface area contributed by atoms with Crippen molar-refractivity contribution in [2.75, 3.05) is 0 Å². The predicted molar refractivity (Wildman–Crippen MR) is 74.5 cm³/mol. The van der Waals surface area contributed by atoms with Crippen LogP contribution in [0, 0.1) is 0 Å². The van der Waals surface area contributed by atoms with Gasteiger partial charge in [0.1, 0.15) is 5.75 Å². The van der Waals surface area contributed by atoms with Crippen LogP contribution >= 0.6 is 0 Å². The third-order valence-corrected chi connectivity index (χ3v) is 3.06. The summed E-state index contributed by atoms with van der Waals surface area (Å²) in [4.78, 5) is 11.2. The van der Waals surface area contributed by atoms with Crippen LogP contribution in [0.25, 0.3) is 11.1 Å². The molecule has 0 aromatic heterocycles. The molecule has 0 saturated heterocycles.